The average Bonchev–Trinajstić information content (AvgIpc) is 2.15. The molecule has 0 aliphatic heterocycles. The molecule has 0 aromatic rings. The summed E-state index contributed by atoms with van der Waals surface area (Å²) < 4.78 is 4.90. The molecule has 2 atom stereocenters. The van der Waals surface area contributed by atoms with Gasteiger partial charge in [-0.15, -0.1) is 0 Å². The Morgan fingerprint density at radius 3 is 3.21 bits per heavy atom. The molecule has 0 amide bonds. The van der Waals surface area contributed by atoms with Crippen molar-refractivity contribution in [2.75, 3.05) is 7.11 Å². The molecule has 0 aromatic carbocycles. The first-order valence-electron chi connectivity index (χ1n) is 5.08. The van der Waals surface area contributed by atoms with E-state index in [-0.39, 0.29) is 11.4 Å². The van der Waals surface area contributed by atoms with Crippen LogP contribution < -0.4 is 0 Å². The van der Waals surface area contributed by atoms with Crippen LogP contribution in [0.15, 0.2) is 24.3 Å². The average molecular weight is 192 g/mol. The molecular weight excluding hydrogens is 176 g/mol. The summed E-state index contributed by atoms with van der Waals surface area (Å²) >= 11 is 0. The van der Waals surface area contributed by atoms with Crippen molar-refractivity contribution in [3.63, 3.8) is 0 Å². The van der Waals surface area contributed by atoms with Crippen molar-refractivity contribution in [2.24, 2.45) is 11.3 Å². The molecule has 2 unspecified atom stereocenters. The lowest BCUT2D eigenvalue weighted by Gasteiger charge is -2.40. The second-order valence-corrected chi connectivity index (χ2v) is 4.50. The second-order valence-electron chi connectivity index (χ2n) is 4.50. The SMILES string of the molecule is C=C1CC2C=CCC(C(=O)OC)(C1)C2. The maximum Gasteiger partial charge on any atom is 0.312 e. The molecule has 0 N–H and O–H groups in total. The fraction of sp³-hybridized carbons (Fsp3) is 0.583. The van der Waals surface area contributed by atoms with Crippen LogP contribution in [0.1, 0.15) is 25.7 Å². The van der Waals surface area contributed by atoms with Crippen LogP contribution in [0.2, 0.25) is 0 Å². The molecule has 2 aliphatic rings. The first kappa shape index (κ1) is 9.50. The third kappa shape index (κ3) is 1.39. The van der Waals surface area contributed by atoms with Gasteiger partial charge in [0.25, 0.3) is 0 Å². The molecule has 14 heavy (non-hydrogen) atoms. The number of methoxy groups -OCH3 is 1. The van der Waals surface area contributed by atoms with Gasteiger partial charge in [-0.05, 0) is 31.6 Å². The Morgan fingerprint density at radius 2 is 2.50 bits per heavy atom. The summed E-state index contributed by atoms with van der Waals surface area (Å²) in [5, 5.41) is 0. The molecule has 1 saturated carbocycles. The molecule has 0 radical (unpaired) electrons. The van der Waals surface area contributed by atoms with Gasteiger partial charge >= 0.3 is 5.97 Å². The van der Waals surface area contributed by atoms with Gasteiger partial charge in [-0.1, -0.05) is 24.3 Å². The Morgan fingerprint density at radius 1 is 1.71 bits per heavy atom. The van der Waals surface area contributed by atoms with Crippen molar-refractivity contribution in [1.82, 2.24) is 0 Å². The highest BCUT2D eigenvalue weighted by molar-refractivity contribution is 5.78. The van der Waals surface area contributed by atoms with Crippen LogP contribution >= 0.6 is 0 Å². The molecule has 2 heteroatoms. The van der Waals surface area contributed by atoms with Gasteiger partial charge < -0.3 is 4.74 Å². The van der Waals surface area contributed by atoms with E-state index in [1.54, 1.807) is 0 Å². The van der Waals surface area contributed by atoms with Crippen molar-refractivity contribution >= 4 is 5.97 Å². The van der Waals surface area contributed by atoms with Gasteiger partial charge in [0.1, 0.15) is 0 Å². The fourth-order valence-electron chi connectivity index (χ4n) is 2.80. The Labute approximate surface area is 84.6 Å². The highest BCUT2D eigenvalue weighted by atomic mass is 16.5. The molecule has 1 fully saturated rings. The first-order chi connectivity index (χ1) is 6.66. The predicted octanol–water partition coefficient (Wildman–Crippen LogP) is 2.46. The summed E-state index contributed by atoms with van der Waals surface area (Å²) in [5.74, 6) is 0.441. The topological polar surface area (TPSA) is 26.3 Å². The van der Waals surface area contributed by atoms with Gasteiger partial charge in [-0.2, -0.15) is 0 Å². The molecule has 0 saturated heterocycles. The number of carbonyl (C=O) groups excluding carboxylic acids is 1. The van der Waals surface area contributed by atoms with Crippen molar-refractivity contribution < 1.29 is 9.53 Å². The van der Waals surface area contributed by atoms with Crippen LogP contribution in [0.5, 0.6) is 0 Å². The molecule has 76 valence electrons. The molecule has 2 bridgehead atoms. The Balaban J connectivity index is 2.29. The smallest absolute Gasteiger partial charge is 0.312 e. The maximum absolute atomic E-state index is 11.7. The van der Waals surface area contributed by atoms with Crippen molar-refractivity contribution in [2.45, 2.75) is 25.7 Å². The molecule has 2 rings (SSSR count). The van der Waals surface area contributed by atoms with Gasteiger partial charge in [0.05, 0.1) is 12.5 Å². The van der Waals surface area contributed by atoms with E-state index in [2.05, 4.69) is 18.7 Å². The number of fused-ring (bicyclic) bond motifs is 2. The highest BCUT2D eigenvalue weighted by Gasteiger charge is 2.45. The number of hydrogen-bond donors (Lipinski definition) is 0. The van der Waals surface area contributed by atoms with Crippen LogP contribution in [0.4, 0.5) is 0 Å². The lowest BCUT2D eigenvalue weighted by atomic mass is 9.63. The van der Waals surface area contributed by atoms with Crippen LogP contribution in [-0.2, 0) is 9.53 Å². The molecule has 2 aliphatic carbocycles. The maximum atomic E-state index is 11.7. The van der Waals surface area contributed by atoms with E-state index >= 15 is 0 Å². The van der Waals surface area contributed by atoms with Gasteiger partial charge in [0.2, 0.25) is 0 Å². The summed E-state index contributed by atoms with van der Waals surface area (Å²) in [6, 6.07) is 0. The minimum Gasteiger partial charge on any atom is -0.469 e. The summed E-state index contributed by atoms with van der Waals surface area (Å²) in [4.78, 5) is 11.7. The summed E-state index contributed by atoms with van der Waals surface area (Å²) in [5.41, 5.74) is 0.903. The van der Waals surface area contributed by atoms with Crippen molar-refractivity contribution in [3.05, 3.63) is 24.3 Å². The Kier molecular flexibility index (Phi) is 2.22. The van der Waals surface area contributed by atoms with Crippen molar-refractivity contribution in [3.8, 4) is 0 Å². The normalized spacial score (nSPS) is 35.5. The lowest BCUT2D eigenvalue weighted by Crippen LogP contribution is -2.39. The minimum atomic E-state index is -0.288. The number of esters is 1. The van der Waals surface area contributed by atoms with Gasteiger partial charge in [0.15, 0.2) is 0 Å². The van der Waals surface area contributed by atoms with Crippen molar-refractivity contribution in [1.29, 1.82) is 0 Å². The lowest BCUT2D eigenvalue weighted by molar-refractivity contribution is -0.154. The Hall–Kier alpha value is -1.05. The quantitative estimate of drug-likeness (QED) is 0.471. The van der Waals surface area contributed by atoms with Gasteiger partial charge in [-0.25, -0.2) is 0 Å². The molecular formula is C12H16O2. The van der Waals surface area contributed by atoms with Crippen LogP contribution in [0.3, 0.4) is 0 Å². The summed E-state index contributed by atoms with van der Waals surface area (Å²) in [6.45, 7) is 4.02. The zero-order valence-corrected chi connectivity index (χ0v) is 8.58. The minimum absolute atomic E-state index is 0.0623. The fourth-order valence-corrected chi connectivity index (χ4v) is 2.80. The van der Waals surface area contributed by atoms with E-state index in [4.69, 9.17) is 4.74 Å². The zero-order chi connectivity index (χ0) is 10.2. The summed E-state index contributed by atoms with van der Waals surface area (Å²) in [7, 11) is 1.47. The van der Waals surface area contributed by atoms with E-state index in [0.717, 1.165) is 25.7 Å². The highest BCUT2D eigenvalue weighted by Crippen LogP contribution is 2.48. The number of hydrogen-bond acceptors (Lipinski definition) is 2. The zero-order valence-electron chi connectivity index (χ0n) is 8.58. The number of allylic oxidation sites excluding steroid dienone is 3. The largest absolute Gasteiger partial charge is 0.469 e. The predicted molar refractivity (Wildman–Crippen MR) is 54.7 cm³/mol. The van der Waals surface area contributed by atoms with Crippen LogP contribution in [0.25, 0.3) is 0 Å². The second kappa shape index (κ2) is 3.26. The Bertz CT molecular complexity index is 303. The monoisotopic (exact) mass is 192 g/mol. The molecule has 0 spiro atoms. The van der Waals surface area contributed by atoms with Gasteiger partial charge in [-0.3, -0.25) is 4.79 Å². The number of rotatable bonds is 1. The van der Waals surface area contributed by atoms with E-state index in [1.807, 2.05) is 0 Å². The third-order valence-electron chi connectivity index (χ3n) is 3.33. The van der Waals surface area contributed by atoms with Gasteiger partial charge in [0, 0.05) is 0 Å². The number of ether oxygens (including phenoxy) is 1. The summed E-state index contributed by atoms with van der Waals surface area (Å²) in [6.07, 6.45) is 7.93. The molecule has 0 heterocycles. The van der Waals surface area contributed by atoms with E-state index in [1.165, 1.54) is 12.7 Å². The standard InChI is InChI=1S/C12H16O2/c1-9-6-10-4-3-5-12(7-9,8-10)11(13)14-2/h3-4,10H,1,5-8H2,2H3. The van der Waals surface area contributed by atoms with Crippen LogP contribution in [0, 0.1) is 11.3 Å². The number of carbonyl (C=O) groups is 1. The first-order valence-corrected chi connectivity index (χ1v) is 5.08. The van der Waals surface area contributed by atoms with E-state index in [9.17, 15) is 4.79 Å². The molecule has 0 aromatic heterocycles. The molecule has 2 nitrogen and oxygen atoms in total. The van der Waals surface area contributed by atoms with E-state index in [0.29, 0.717) is 5.92 Å². The van der Waals surface area contributed by atoms with E-state index < -0.39 is 0 Å². The third-order valence-corrected chi connectivity index (χ3v) is 3.33. The van der Waals surface area contributed by atoms with Crippen LogP contribution in [-0.4, -0.2) is 13.1 Å².